The highest BCUT2D eigenvalue weighted by molar-refractivity contribution is 6.30. The molecule has 5 heteroatoms. The van der Waals surface area contributed by atoms with E-state index < -0.39 is 17.9 Å². The summed E-state index contributed by atoms with van der Waals surface area (Å²) in [6, 6.07) is 6.57. The summed E-state index contributed by atoms with van der Waals surface area (Å²) in [6.45, 7) is 3.79. The van der Waals surface area contributed by atoms with E-state index in [1.165, 1.54) is 0 Å². The maximum atomic E-state index is 12.0. The number of aliphatic carboxylic acids is 1. The van der Waals surface area contributed by atoms with Crippen LogP contribution >= 0.6 is 11.6 Å². The van der Waals surface area contributed by atoms with Crippen molar-refractivity contribution >= 4 is 23.5 Å². The minimum absolute atomic E-state index is 0.0301. The van der Waals surface area contributed by atoms with E-state index in [0.717, 1.165) is 5.56 Å². The Kier molecular flexibility index (Phi) is 3.80. The lowest BCUT2D eigenvalue weighted by Gasteiger charge is -2.30. The highest BCUT2D eigenvalue weighted by atomic mass is 35.5. The van der Waals surface area contributed by atoms with Crippen molar-refractivity contribution in [3.05, 3.63) is 34.9 Å². The van der Waals surface area contributed by atoms with E-state index in [1.54, 1.807) is 29.2 Å². The van der Waals surface area contributed by atoms with Gasteiger partial charge in [-0.3, -0.25) is 9.59 Å². The molecule has 1 aromatic carbocycles. The molecule has 0 unspecified atom stereocenters. The molecule has 0 saturated carbocycles. The third kappa shape index (κ3) is 2.59. The zero-order valence-corrected chi connectivity index (χ0v) is 11.6. The molecule has 102 valence electrons. The number of benzene rings is 1. The molecule has 0 bridgehead atoms. The van der Waals surface area contributed by atoms with Gasteiger partial charge in [-0.05, 0) is 31.5 Å². The Morgan fingerprint density at radius 1 is 1.37 bits per heavy atom. The quantitative estimate of drug-likeness (QED) is 0.927. The van der Waals surface area contributed by atoms with Crippen molar-refractivity contribution in [2.24, 2.45) is 5.92 Å². The number of rotatable bonds is 3. The summed E-state index contributed by atoms with van der Waals surface area (Å²) < 4.78 is 0. The van der Waals surface area contributed by atoms with Crippen LogP contribution in [0.3, 0.4) is 0 Å². The Bertz CT molecular complexity index is 498. The fourth-order valence-corrected chi connectivity index (χ4v) is 2.76. The highest BCUT2D eigenvalue weighted by Crippen LogP contribution is 2.39. The molecule has 0 spiro atoms. The van der Waals surface area contributed by atoms with Gasteiger partial charge in [0.2, 0.25) is 5.91 Å². The van der Waals surface area contributed by atoms with Gasteiger partial charge in [0.1, 0.15) is 0 Å². The van der Waals surface area contributed by atoms with E-state index in [0.29, 0.717) is 5.02 Å². The minimum Gasteiger partial charge on any atom is -0.481 e. The number of halogens is 1. The molecule has 1 heterocycles. The van der Waals surface area contributed by atoms with Crippen LogP contribution in [0.4, 0.5) is 0 Å². The van der Waals surface area contributed by atoms with Crippen LogP contribution in [0, 0.1) is 5.92 Å². The fraction of sp³-hybridized carbons (Fsp3) is 0.429. The van der Waals surface area contributed by atoms with Crippen LogP contribution < -0.4 is 0 Å². The second-order valence-corrected chi connectivity index (χ2v) is 5.48. The molecule has 0 aliphatic carbocycles. The Hall–Kier alpha value is -1.55. The van der Waals surface area contributed by atoms with Crippen LogP contribution in [-0.4, -0.2) is 27.9 Å². The molecule has 1 aliphatic rings. The number of carbonyl (C=O) groups is 2. The van der Waals surface area contributed by atoms with Crippen LogP contribution in [0.1, 0.15) is 31.9 Å². The Labute approximate surface area is 117 Å². The zero-order valence-electron chi connectivity index (χ0n) is 10.8. The van der Waals surface area contributed by atoms with Gasteiger partial charge >= 0.3 is 5.97 Å². The smallest absolute Gasteiger partial charge is 0.309 e. The number of hydrogen-bond acceptors (Lipinski definition) is 2. The molecule has 0 aromatic heterocycles. The average Bonchev–Trinajstić information content (AvgIpc) is 2.68. The average molecular weight is 282 g/mol. The van der Waals surface area contributed by atoms with E-state index >= 15 is 0 Å². The summed E-state index contributed by atoms with van der Waals surface area (Å²) >= 11 is 5.85. The van der Waals surface area contributed by atoms with Crippen LogP contribution in [0.5, 0.6) is 0 Å². The molecular formula is C14H16ClNO3. The molecule has 1 fully saturated rings. The molecular weight excluding hydrogens is 266 g/mol. The van der Waals surface area contributed by atoms with Gasteiger partial charge in [0.25, 0.3) is 0 Å². The maximum Gasteiger partial charge on any atom is 0.309 e. The molecule has 4 nitrogen and oxygen atoms in total. The highest BCUT2D eigenvalue weighted by Gasteiger charge is 2.45. The van der Waals surface area contributed by atoms with Gasteiger partial charge in [-0.2, -0.15) is 0 Å². The van der Waals surface area contributed by atoms with Crippen molar-refractivity contribution in [1.82, 2.24) is 4.90 Å². The van der Waals surface area contributed by atoms with Gasteiger partial charge in [-0.15, -0.1) is 0 Å². The number of hydrogen-bond donors (Lipinski definition) is 1. The van der Waals surface area contributed by atoms with E-state index in [-0.39, 0.29) is 18.4 Å². The summed E-state index contributed by atoms with van der Waals surface area (Å²) in [5, 5.41) is 9.91. The molecule has 1 N–H and O–H groups in total. The predicted molar refractivity (Wildman–Crippen MR) is 71.9 cm³/mol. The van der Waals surface area contributed by atoms with Crippen molar-refractivity contribution in [1.29, 1.82) is 0 Å². The maximum absolute atomic E-state index is 12.0. The van der Waals surface area contributed by atoms with E-state index in [1.807, 2.05) is 13.8 Å². The van der Waals surface area contributed by atoms with Gasteiger partial charge in [0, 0.05) is 17.5 Å². The second kappa shape index (κ2) is 5.21. The largest absolute Gasteiger partial charge is 0.481 e. The molecule has 1 aliphatic heterocycles. The Morgan fingerprint density at radius 3 is 2.42 bits per heavy atom. The lowest BCUT2D eigenvalue weighted by Crippen LogP contribution is -2.36. The van der Waals surface area contributed by atoms with E-state index in [2.05, 4.69) is 0 Å². The first-order chi connectivity index (χ1) is 8.91. The van der Waals surface area contributed by atoms with Gasteiger partial charge in [0.05, 0.1) is 12.0 Å². The number of carboxylic acid groups (broad SMARTS) is 1. The summed E-state index contributed by atoms with van der Waals surface area (Å²) in [5.74, 6) is -1.74. The second-order valence-electron chi connectivity index (χ2n) is 5.04. The number of carboxylic acids is 1. The SMILES string of the molecule is CC(C)N1C(=O)C[C@H](C(=O)O)[C@H]1c1ccc(Cl)cc1. The van der Waals surface area contributed by atoms with Crippen molar-refractivity contribution in [2.75, 3.05) is 0 Å². The normalized spacial score (nSPS) is 23.2. The van der Waals surface area contributed by atoms with Crippen LogP contribution in [0.2, 0.25) is 5.02 Å². The molecule has 0 radical (unpaired) electrons. The first-order valence-corrected chi connectivity index (χ1v) is 6.59. The standard InChI is InChI=1S/C14H16ClNO3/c1-8(2)16-12(17)7-11(14(18)19)13(16)9-3-5-10(15)6-4-9/h3-6,8,11,13H,7H2,1-2H3,(H,18,19)/t11-,13+/m0/s1. The molecule has 2 rings (SSSR count). The van der Waals surface area contributed by atoms with Gasteiger partial charge in [0.15, 0.2) is 0 Å². The topological polar surface area (TPSA) is 57.6 Å². The third-order valence-corrected chi connectivity index (χ3v) is 3.70. The van der Waals surface area contributed by atoms with Crippen molar-refractivity contribution < 1.29 is 14.7 Å². The summed E-state index contributed by atoms with van der Waals surface area (Å²) in [7, 11) is 0. The monoisotopic (exact) mass is 281 g/mol. The number of amides is 1. The molecule has 1 saturated heterocycles. The first-order valence-electron chi connectivity index (χ1n) is 6.21. The summed E-state index contributed by atoms with van der Waals surface area (Å²) in [4.78, 5) is 25.0. The minimum atomic E-state index is -0.934. The number of nitrogens with zero attached hydrogens (tertiary/aromatic N) is 1. The zero-order chi connectivity index (χ0) is 14.2. The lowest BCUT2D eigenvalue weighted by molar-refractivity contribution is -0.142. The summed E-state index contributed by atoms with van der Waals surface area (Å²) in [6.07, 6.45) is 0.0564. The summed E-state index contributed by atoms with van der Waals surface area (Å²) in [5.41, 5.74) is 0.816. The molecule has 19 heavy (non-hydrogen) atoms. The van der Waals surface area contributed by atoms with Crippen molar-refractivity contribution in [3.63, 3.8) is 0 Å². The third-order valence-electron chi connectivity index (χ3n) is 3.45. The molecule has 1 amide bonds. The fourth-order valence-electron chi connectivity index (χ4n) is 2.64. The van der Waals surface area contributed by atoms with Gasteiger partial charge in [-0.1, -0.05) is 23.7 Å². The van der Waals surface area contributed by atoms with Gasteiger partial charge < -0.3 is 10.0 Å². The molecule has 1 aromatic rings. The van der Waals surface area contributed by atoms with Crippen LogP contribution in [0.25, 0.3) is 0 Å². The van der Waals surface area contributed by atoms with Crippen LogP contribution in [0.15, 0.2) is 24.3 Å². The Balaban J connectivity index is 2.43. The van der Waals surface area contributed by atoms with Crippen molar-refractivity contribution in [3.8, 4) is 0 Å². The number of carbonyl (C=O) groups excluding carboxylic acids is 1. The van der Waals surface area contributed by atoms with Gasteiger partial charge in [-0.25, -0.2) is 0 Å². The Morgan fingerprint density at radius 2 is 1.95 bits per heavy atom. The lowest BCUT2D eigenvalue weighted by atomic mass is 9.93. The van der Waals surface area contributed by atoms with E-state index in [4.69, 9.17) is 11.6 Å². The van der Waals surface area contributed by atoms with Crippen molar-refractivity contribution in [2.45, 2.75) is 32.4 Å². The van der Waals surface area contributed by atoms with E-state index in [9.17, 15) is 14.7 Å². The van der Waals surface area contributed by atoms with Crippen LogP contribution in [-0.2, 0) is 9.59 Å². The number of likely N-dealkylation sites (tertiary alicyclic amines) is 1. The molecule has 2 atom stereocenters. The first kappa shape index (κ1) is 13.9. The predicted octanol–water partition coefficient (Wildman–Crippen LogP) is 2.72.